The van der Waals surface area contributed by atoms with E-state index in [4.69, 9.17) is 14.3 Å². The molecule has 0 saturated heterocycles. The predicted octanol–water partition coefficient (Wildman–Crippen LogP) is 3.50. The van der Waals surface area contributed by atoms with Crippen LogP contribution in [0.1, 0.15) is 0 Å². The van der Waals surface area contributed by atoms with Crippen molar-refractivity contribution in [3.05, 3.63) is 48.8 Å². The largest absolute Gasteiger partial charge is 0.490 e. The van der Waals surface area contributed by atoms with Gasteiger partial charge in [0.05, 0.1) is 5.56 Å². The van der Waals surface area contributed by atoms with Crippen LogP contribution in [0.25, 0.3) is 22.9 Å². The first-order chi connectivity index (χ1) is 12.7. The number of hydrogen-bond donors (Lipinski definition) is 1. The highest BCUT2D eigenvalue weighted by atomic mass is 19.4. The Balaban J connectivity index is 0.000000321. The Bertz CT molecular complexity index is 878. The quantitative estimate of drug-likeness (QED) is 0.743. The Morgan fingerprint density at radius 3 is 2.04 bits per heavy atom. The van der Waals surface area contributed by atoms with Crippen molar-refractivity contribution in [2.24, 2.45) is 0 Å². The summed E-state index contributed by atoms with van der Waals surface area (Å²) in [5.74, 6) is -1.77. The zero-order valence-electron chi connectivity index (χ0n) is 14.3. The molecule has 0 atom stereocenters. The fourth-order valence-electron chi connectivity index (χ4n) is 1.85. The molecule has 142 valence electrons. The highest BCUT2D eigenvalue weighted by Gasteiger charge is 2.38. The van der Waals surface area contributed by atoms with Crippen molar-refractivity contribution in [2.75, 3.05) is 19.0 Å². The van der Waals surface area contributed by atoms with Gasteiger partial charge in [0.15, 0.2) is 0 Å². The fourth-order valence-corrected chi connectivity index (χ4v) is 1.85. The summed E-state index contributed by atoms with van der Waals surface area (Å²) in [6.45, 7) is 0. The van der Waals surface area contributed by atoms with Crippen LogP contribution in [-0.2, 0) is 4.79 Å². The average molecular weight is 380 g/mol. The molecule has 3 aromatic rings. The first-order valence-corrected chi connectivity index (χ1v) is 7.50. The van der Waals surface area contributed by atoms with Gasteiger partial charge in [-0.15, -0.1) is 10.2 Å². The molecule has 0 unspecified atom stereocenters. The molecule has 1 aromatic carbocycles. The Morgan fingerprint density at radius 2 is 1.59 bits per heavy atom. The number of pyridine rings is 1. The third kappa shape index (κ3) is 5.53. The minimum Gasteiger partial charge on any atom is -0.475 e. The van der Waals surface area contributed by atoms with E-state index in [-0.39, 0.29) is 0 Å². The number of nitrogens with zero attached hydrogens (tertiary/aromatic N) is 4. The Morgan fingerprint density at radius 1 is 1.04 bits per heavy atom. The van der Waals surface area contributed by atoms with Gasteiger partial charge < -0.3 is 14.4 Å². The Kier molecular flexibility index (Phi) is 6.11. The van der Waals surface area contributed by atoms with Crippen molar-refractivity contribution in [3.63, 3.8) is 0 Å². The van der Waals surface area contributed by atoms with E-state index < -0.39 is 12.1 Å². The van der Waals surface area contributed by atoms with E-state index in [9.17, 15) is 13.2 Å². The second-order valence-corrected chi connectivity index (χ2v) is 5.40. The van der Waals surface area contributed by atoms with Crippen LogP contribution in [0.4, 0.5) is 18.9 Å². The highest BCUT2D eigenvalue weighted by molar-refractivity contribution is 5.73. The van der Waals surface area contributed by atoms with Gasteiger partial charge in [0.2, 0.25) is 11.8 Å². The lowest BCUT2D eigenvalue weighted by Crippen LogP contribution is -2.21. The summed E-state index contributed by atoms with van der Waals surface area (Å²) in [5.41, 5.74) is 2.84. The van der Waals surface area contributed by atoms with Crippen LogP contribution >= 0.6 is 0 Å². The summed E-state index contributed by atoms with van der Waals surface area (Å²) in [6, 6.07) is 11.7. The maximum Gasteiger partial charge on any atom is 0.490 e. The average Bonchev–Trinajstić information content (AvgIpc) is 3.12. The van der Waals surface area contributed by atoms with Crippen molar-refractivity contribution in [1.82, 2.24) is 15.2 Å². The lowest BCUT2D eigenvalue weighted by Gasteiger charge is -2.11. The number of aromatic nitrogens is 3. The first kappa shape index (κ1) is 19.9. The second-order valence-electron chi connectivity index (χ2n) is 5.40. The molecule has 2 heterocycles. The van der Waals surface area contributed by atoms with Gasteiger partial charge in [0.1, 0.15) is 0 Å². The van der Waals surface area contributed by atoms with E-state index in [1.54, 1.807) is 12.4 Å². The number of alkyl halides is 3. The maximum absolute atomic E-state index is 10.6. The monoisotopic (exact) mass is 380 g/mol. The van der Waals surface area contributed by atoms with Gasteiger partial charge in [0.25, 0.3) is 0 Å². The predicted molar refractivity (Wildman–Crippen MR) is 91.0 cm³/mol. The molecule has 7 nitrogen and oxygen atoms in total. The van der Waals surface area contributed by atoms with Crippen LogP contribution < -0.4 is 4.90 Å². The minimum absolute atomic E-state index is 0.477. The molecule has 0 saturated carbocycles. The van der Waals surface area contributed by atoms with Crippen LogP contribution in [0.3, 0.4) is 0 Å². The van der Waals surface area contributed by atoms with Gasteiger partial charge in [0, 0.05) is 37.7 Å². The molecule has 0 aliphatic carbocycles. The molecule has 0 aliphatic rings. The van der Waals surface area contributed by atoms with Crippen molar-refractivity contribution < 1.29 is 27.5 Å². The summed E-state index contributed by atoms with van der Waals surface area (Å²) in [7, 11) is 4.00. The molecule has 0 fully saturated rings. The lowest BCUT2D eigenvalue weighted by molar-refractivity contribution is -0.192. The van der Waals surface area contributed by atoms with Gasteiger partial charge in [-0.25, -0.2) is 4.79 Å². The second kappa shape index (κ2) is 8.30. The third-order valence-electron chi connectivity index (χ3n) is 3.21. The number of hydrogen-bond acceptors (Lipinski definition) is 6. The summed E-state index contributed by atoms with van der Waals surface area (Å²) in [4.78, 5) is 15.0. The van der Waals surface area contributed by atoms with E-state index in [0.717, 1.165) is 16.8 Å². The van der Waals surface area contributed by atoms with Crippen molar-refractivity contribution in [2.45, 2.75) is 6.18 Å². The van der Waals surface area contributed by atoms with Gasteiger partial charge in [-0.2, -0.15) is 13.2 Å². The molecule has 0 amide bonds. The van der Waals surface area contributed by atoms with Crippen molar-refractivity contribution >= 4 is 11.7 Å². The minimum atomic E-state index is -5.08. The molecule has 0 bridgehead atoms. The van der Waals surface area contributed by atoms with Crippen molar-refractivity contribution in [3.8, 4) is 22.9 Å². The number of aliphatic carboxylic acids is 1. The zero-order valence-corrected chi connectivity index (χ0v) is 14.3. The smallest absolute Gasteiger partial charge is 0.475 e. The SMILES string of the molecule is CN(C)c1ccc(-c2nnc(-c3cccnc3)o2)cc1.O=C(O)C(F)(F)F. The number of rotatable bonds is 3. The van der Waals surface area contributed by atoms with Crippen molar-refractivity contribution in [1.29, 1.82) is 0 Å². The van der Waals surface area contributed by atoms with Gasteiger partial charge in [-0.3, -0.25) is 4.98 Å². The Hall–Kier alpha value is -3.43. The van der Waals surface area contributed by atoms with E-state index in [2.05, 4.69) is 15.2 Å². The van der Waals surface area contributed by atoms with Crippen LogP contribution in [-0.4, -0.2) is 46.5 Å². The van der Waals surface area contributed by atoms with E-state index in [1.165, 1.54) is 0 Å². The highest BCUT2D eigenvalue weighted by Crippen LogP contribution is 2.24. The molecule has 2 aromatic heterocycles. The molecular weight excluding hydrogens is 365 g/mol. The molecule has 27 heavy (non-hydrogen) atoms. The lowest BCUT2D eigenvalue weighted by atomic mass is 10.2. The van der Waals surface area contributed by atoms with E-state index in [1.807, 2.05) is 55.4 Å². The molecule has 0 spiro atoms. The summed E-state index contributed by atoms with van der Waals surface area (Å²) < 4.78 is 37.4. The number of benzene rings is 1. The normalized spacial score (nSPS) is 10.7. The molecule has 0 radical (unpaired) electrons. The van der Waals surface area contributed by atoms with Crippen LogP contribution in [0, 0.1) is 0 Å². The number of carboxylic acid groups (broad SMARTS) is 1. The number of halogens is 3. The maximum atomic E-state index is 10.6. The summed E-state index contributed by atoms with van der Waals surface area (Å²) in [6.07, 6.45) is -1.67. The molecule has 0 aliphatic heterocycles. The van der Waals surface area contributed by atoms with Gasteiger partial charge >= 0.3 is 12.1 Å². The number of carbonyl (C=O) groups is 1. The molecule has 10 heteroatoms. The molecule has 1 N–H and O–H groups in total. The van der Waals surface area contributed by atoms with Crippen LogP contribution in [0.2, 0.25) is 0 Å². The number of carboxylic acids is 1. The van der Waals surface area contributed by atoms with Gasteiger partial charge in [-0.05, 0) is 36.4 Å². The van der Waals surface area contributed by atoms with E-state index in [0.29, 0.717) is 11.8 Å². The topological polar surface area (TPSA) is 92.4 Å². The van der Waals surface area contributed by atoms with Crippen LogP contribution in [0.5, 0.6) is 0 Å². The third-order valence-corrected chi connectivity index (χ3v) is 3.21. The zero-order chi connectivity index (χ0) is 20.0. The molecular formula is C17H15F3N4O3. The standard InChI is InChI=1S/C15H14N4O.C2HF3O2/c1-19(2)13-7-5-11(6-8-13)14-17-18-15(20-14)12-4-3-9-16-10-12;3-2(4,5)1(6)7/h3-10H,1-2H3;(H,6,7). The molecule has 3 rings (SSSR count). The van der Waals surface area contributed by atoms with E-state index >= 15 is 0 Å². The summed E-state index contributed by atoms with van der Waals surface area (Å²) in [5, 5.41) is 15.3. The van der Waals surface area contributed by atoms with Crippen LogP contribution in [0.15, 0.2) is 53.2 Å². The summed E-state index contributed by atoms with van der Waals surface area (Å²) >= 11 is 0. The Labute approximate surface area is 152 Å². The van der Waals surface area contributed by atoms with Gasteiger partial charge in [-0.1, -0.05) is 0 Å². The number of anilines is 1. The fraction of sp³-hybridized carbons (Fsp3) is 0.176. The first-order valence-electron chi connectivity index (χ1n) is 7.50.